The Morgan fingerprint density at radius 2 is 1.58 bits per heavy atom. The van der Waals surface area contributed by atoms with Crippen LogP contribution in [0.25, 0.3) is 11.3 Å². The molecule has 4 rings (SSSR count). The molecule has 1 aliphatic heterocycles. The summed E-state index contributed by atoms with van der Waals surface area (Å²) in [6.07, 6.45) is 1.24. The van der Waals surface area contributed by atoms with Crippen LogP contribution in [0.3, 0.4) is 0 Å². The minimum atomic E-state index is -2.21. The van der Waals surface area contributed by atoms with Gasteiger partial charge in [0.2, 0.25) is 0 Å². The molecule has 0 saturated carbocycles. The summed E-state index contributed by atoms with van der Waals surface area (Å²) in [4.78, 5) is 48.3. The highest BCUT2D eigenvalue weighted by molar-refractivity contribution is 6.74. The van der Waals surface area contributed by atoms with Gasteiger partial charge in [-0.05, 0) is 68.1 Å². The van der Waals surface area contributed by atoms with Gasteiger partial charge in [0.05, 0.1) is 11.7 Å². The first-order valence-electron chi connectivity index (χ1n) is 19.0. The third-order valence-electron chi connectivity index (χ3n) is 10.4. The summed E-state index contributed by atoms with van der Waals surface area (Å²) in [5.74, 6) is -2.28. The summed E-state index contributed by atoms with van der Waals surface area (Å²) in [6.45, 7) is 24.5. The van der Waals surface area contributed by atoms with Crippen molar-refractivity contribution in [1.29, 1.82) is 0 Å². The molecule has 1 fully saturated rings. The normalized spacial score (nSPS) is 17.2. The highest BCUT2D eigenvalue weighted by atomic mass is 28.4. The van der Waals surface area contributed by atoms with E-state index in [1.165, 1.54) is 6.92 Å². The van der Waals surface area contributed by atoms with Crippen LogP contribution in [0.1, 0.15) is 86.7 Å². The molecule has 13 heteroatoms. The Bertz CT molecular complexity index is 1810. The molecule has 2 unspecified atom stereocenters. The van der Waals surface area contributed by atoms with Gasteiger partial charge in [-0.1, -0.05) is 71.9 Å². The van der Waals surface area contributed by atoms with E-state index in [0.29, 0.717) is 32.1 Å². The maximum atomic E-state index is 15.3. The van der Waals surface area contributed by atoms with Crippen molar-refractivity contribution in [3.8, 4) is 11.3 Å². The number of ether oxygens (including phenoxy) is 2. The van der Waals surface area contributed by atoms with E-state index in [9.17, 15) is 18.8 Å². The predicted molar refractivity (Wildman–Crippen MR) is 212 cm³/mol. The van der Waals surface area contributed by atoms with Crippen LogP contribution in [-0.4, -0.2) is 84.1 Å². The van der Waals surface area contributed by atoms with Gasteiger partial charge in [-0.3, -0.25) is 9.59 Å². The molecule has 0 radical (unpaired) electrons. The maximum Gasteiger partial charge on any atom is 0.410 e. The number of benzene rings is 2. The highest BCUT2D eigenvalue weighted by Gasteiger charge is 2.45. The minimum Gasteiger partial charge on any atom is -0.456 e. The number of carbonyl (C=O) groups excluding carboxylic acids is 3. The highest BCUT2D eigenvalue weighted by Crippen LogP contribution is 2.42. The van der Waals surface area contributed by atoms with Crippen molar-refractivity contribution in [2.24, 2.45) is 17.3 Å². The fourth-order valence-corrected chi connectivity index (χ4v) is 7.63. The Morgan fingerprint density at radius 3 is 2.16 bits per heavy atom. The van der Waals surface area contributed by atoms with E-state index >= 15 is 4.39 Å². The van der Waals surface area contributed by atoms with Crippen LogP contribution >= 0.6 is 0 Å². The lowest BCUT2D eigenvalue weighted by atomic mass is 9.83. The van der Waals surface area contributed by atoms with Crippen LogP contribution in [0.5, 0.6) is 0 Å². The van der Waals surface area contributed by atoms with Gasteiger partial charge < -0.3 is 28.3 Å². The number of aromatic nitrogens is 2. The molecule has 55 heavy (non-hydrogen) atoms. The van der Waals surface area contributed by atoms with Crippen molar-refractivity contribution in [1.82, 2.24) is 19.4 Å². The molecule has 3 atom stereocenters. The Hall–Kier alpha value is -4.10. The third kappa shape index (κ3) is 11.5. The fraction of sp³-hybridized carbons (Fsp3) is 0.571. The Labute approximate surface area is 326 Å². The van der Waals surface area contributed by atoms with E-state index in [1.54, 1.807) is 16.0 Å². The quantitative estimate of drug-likeness (QED) is 0.134. The molecule has 2 heterocycles. The summed E-state index contributed by atoms with van der Waals surface area (Å²) in [6, 6.07) is 12.1. The van der Waals surface area contributed by atoms with Gasteiger partial charge in [-0.2, -0.15) is 0 Å². The second-order valence-corrected chi connectivity index (χ2v) is 23.1. The first-order chi connectivity index (χ1) is 25.4. The topological polar surface area (TPSA) is 103 Å². The largest absolute Gasteiger partial charge is 0.456 e. The third-order valence-corrected chi connectivity index (χ3v) is 14.9. The van der Waals surface area contributed by atoms with Crippen molar-refractivity contribution in [3.05, 3.63) is 77.8 Å². The van der Waals surface area contributed by atoms with Crippen LogP contribution < -0.4 is 0 Å². The average molecular weight is 783 g/mol. The molecule has 0 spiro atoms. The number of hydrogen-bond donors (Lipinski definition) is 0. The van der Waals surface area contributed by atoms with Crippen LogP contribution in [0.15, 0.2) is 54.7 Å². The van der Waals surface area contributed by atoms with Gasteiger partial charge in [0.1, 0.15) is 23.1 Å². The number of rotatable bonds is 12. The van der Waals surface area contributed by atoms with Crippen LogP contribution in [0.4, 0.5) is 13.6 Å². The summed E-state index contributed by atoms with van der Waals surface area (Å²) >= 11 is 0. The first-order valence-corrected chi connectivity index (χ1v) is 21.9. The Morgan fingerprint density at radius 1 is 0.945 bits per heavy atom. The molecule has 1 aromatic heterocycles. The summed E-state index contributed by atoms with van der Waals surface area (Å²) in [5, 5.41) is -0.0516. The Balaban J connectivity index is 1.86. The molecule has 2 aromatic carbocycles. The van der Waals surface area contributed by atoms with Gasteiger partial charge in [0.25, 0.3) is 5.91 Å². The van der Waals surface area contributed by atoms with Gasteiger partial charge in [0.15, 0.2) is 14.9 Å². The number of likely N-dealkylation sites (tertiary alicyclic amines) is 1. The number of amides is 2. The maximum absolute atomic E-state index is 15.3. The number of halogens is 2. The predicted octanol–water partition coefficient (Wildman–Crippen LogP) is 8.86. The van der Waals surface area contributed by atoms with Crippen molar-refractivity contribution in [3.63, 3.8) is 0 Å². The zero-order valence-corrected chi connectivity index (χ0v) is 35.7. The molecule has 10 nitrogen and oxygen atoms in total. The molecule has 1 saturated heterocycles. The second kappa shape index (κ2) is 16.9. The van der Waals surface area contributed by atoms with Crippen molar-refractivity contribution >= 4 is 26.3 Å². The van der Waals surface area contributed by atoms with Gasteiger partial charge in [-0.15, -0.1) is 0 Å². The first kappa shape index (κ1) is 43.6. The zero-order chi connectivity index (χ0) is 41.1. The number of hydrogen-bond acceptors (Lipinski definition) is 7. The Kier molecular flexibility index (Phi) is 13.4. The van der Waals surface area contributed by atoms with Crippen LogP contribution in [-0.2, 0) is 30.0 Å². The van der Waals surface area contributed by atoms with E-state index in [-0.39, 0.29) is 34.7 Å². The molecule has 0 aliphatic carbocycles. The van der Waals surface area contributed by atoms with Crippen molar-refractivity contribution in [2.45, 2.75) is 106 Å². The molecule has 0 bridgehead atoms. The zero-order valence-electron chi connectivity index (χ0n) is 34.7. The number of nitrogens with zero attached hydrogens (tertiary/aromatic N) is 4. The average Bonchev–Trinajstić information content (AvgIpc) is 3.66. The molecule has 302 valence electrons. The fourth-order valence-electron chi connectivity index (χ4n) is 6.56. The second-order valence-electron chi connectivity index (χ2n) is 18.3. The van der Waals surface area contributed by atoms with Gasteiger partial charge >= 0.3 is 12.1 Å². The minimum absolute atomic E-state index is 0.00912. The number of imidazole rings is 1. The summed E-state index contributed by atoms with van der Waals surface area (Å²) in [7, 11) is -2.21. The summed E-state index contributed by atoms with van der Waals surface area (Å²) < 4.78 is 49.5. The lowest BCUT2D eigenvalue weighted by Crippen LogP contribution is -2.48. The smallest absolute Gasteiger partial charge is 0.410 e. The summed E-state index contributed by atoms with van der Waals surface area (Å²) in [5.41, 5.74) is -0.253. The molecule has 0 N–H and O–H groups in total. The van der Waals surface area contributed by atoms with Gasteiger partial charge in [-0.25, -0.2) is 18.6 Å². The lowest BCUT2D eigenvalue weighted by molar-refractivity contribution is -0.153. The van der Waals surface area contributed by atoms with E-state index in [0.717, 1.165) is 23.8 Å². The molecular formula is C42H60F2N4O6Si. The van der Waals surface area contributed by atoms with E-state index < -0.39 is 61.6 Å². The SMILES string of the molecule is CC(=O)OCC(=O)N(CC1CN(C(=O)OC(C)(C)C)CC1CO[Si](C)(C)C(C)(C)C)[C@@H](c1nc(-c2cc(F)ccc2F)cn1Cc1ccccc1)C(C)(C)C. The van der Waals surface area contributed by atoms with Gasteiger partial charge in [0, 0.05) is 63.3 Å². The van der Waals surface area contributed by atoms with Crippen molar-refractivity contribution in [2.75, 3.05) is 32.8 Å². The van der Waals surface area contributed by atoms with Crippen LogP contribution in [0, 0.1) is 28.9 Å². The van der Waals surface area contributed by atoms with Crippen molar-refractivity contribution < 1.29 is 37.1 Å². The van der Waals surface area contributed by atoms with E-state index in [1.807, 2.05) is 76.4 Å². The standard InChI is InChI=1S/C42H60F2N4O6Si/c1-28(49)52-27-36(50)48(24-30-22-47(39(51)54-41(5,6)7)23-31(30)26-53-55(11,12)42(8,9)10)37(40(2,3)4)38-45-35(33-20-32(43)18-19-34(33)44)25-46(38)21-29-16-14-13-15-17-29/h13-20,25,30-31,37H,21-24,26-27H2,1-12H3/t30?,31?,37-/m0/s1. The monoisotopic (exact) mass is 782 g/mol. The molecule has 1 aliphatic rings. The number of carbonyl (C=O) groups is 3. The lowest BCUT2D eigenvalue weighted by Gasteiger charge is -2.42. The molecule has 2 amide bonds. The van der Waals surface area contributed by atoms with E-state index in [2.05, 4.69) is 33.9 Å². The van der Waals surface area contributed by atoms with E-state index in [4.69, 9.17) is 18.9 Å². The number of esters is 1. The molecular weight excluding hydrogens is 723 g/mol. The van der Waals surface area contributed by atoms with Crippen LogP contribution in [0.2, 0.25) is 18.1 Å². The molecule has 3 aromatic rings.